The molecule has 0 aliphatic carbocycles. The van der Waals surface area contributed by atoms with Gasteiger partial charge >= 0.3 is 5.97 Å². The lowest BCUT2D eigenvalue weighted by Crippen LogP contribution is -2.17. The van der Waals surface area contributed by atoms with E-state index in [1.807, 2.05) is 36.4 Å². The average molecular weight is 241 g/mol. The lowest BCUT2D eigenvalue weighted by atomic mass is 10.1. The molecule has 1 aliphatic rings. The van der Waals surface area contributed by atoms with Gasteiger partial charge in [-0.05, 0) is 23.8 Å². The first-order valence-electron chi connectivity index (χ1n) is 5.69. The van der Waals surface area contributed by atoms with Gasteiger partial charge in [0.15, 0.2) is 6.04 Å². The molecule has 0 unspecified atom stereocenters. The average Bonchev–Trinajstić information content (AvgIpc) is 3.02. The zero-order chi connectivity index (χ0) is 12.4. The summed E-state index contributed by atoms with van der Waals surface area (Å²) in [6, 6.07) is 10.8. The van der Waals surface area contributed by atoms with Gasteiger partial charge < -0.3 is 9.15 Å². The lowest BCUT2D eigenvalue weighted by Gasteiger charge is -1.99. The fourth-order valence-electron chi connectivity index (χ4n) is 1.86. The minimum atomic E-state index is -0.474. The number of carbonyl (C=O) groups excluding carboxylic acids is 1. The van der Waals surface area contributed by atoms with E-state index in [4.69, 9.17) is 9.15 Å². The number of aliphatic imine (C=N–C) groups is 1. The molecule has 0 N–H and O–H groups in total. The van der Waals surface area contributed by atoms with Crippen molar-refractivity contribution in [2.75, 3.05) is 0 Å². The molecule has 1 atom stereocenters. The Balaban J connectivity index is 1.81. The summed E-state index contributed by atoms with van der Waals surface area (Å²) in [4.78, 5) is 16.0. The van der Waals surface area contributed by atoms with Crippen LogP contribution in [0.5, 0.6) is 0 Å². The first-order chi connectivity index (χ1) is 8.83. The predicted octanol–water partition coefficient (Wildman–Crippen LogP) is 2.19. The van der Waals surface area contributed by atoms with Crippen LogP contribution in [0.2, 0.25) is 0 Å². The Hall–Kier alpha value is -2.36. The lowest BCUT2D eigenvalue weighted by molar-refractivity contribution is -0.134. The summed E-state index contributed by atoms with van der Waals surface area (Å²) in [7, 11) is 0. The summed E-state index contributed by atoms with van der Waals surface area (Å²) in [5.41, 5.74) is 1.76. The summed E-state index contributed by atoms with van der Waals surface area (Å²) in [5.74, 6) is 0.0872. The second kappa shape index (κ2) is 4.49. The topological polar surface area (TPSA) is 51.8 Å². The van der Waals surface area contributed by atoms with Crippen LogP contribution in [0, 0.1) is 0 Å². The zero-order valence-corrected chi connectivity index (χ0v) is 9.58. The van der Waals surface area contributed by atoms with E-state index >= 15 is 0 Å². The van der Waals surface area contributed by atoms with E-state index in [1.54, 1.807) is 12.5 Å². The van der Waals surface area contributed by atoms with Crippen molar-refractivity contribution in [1.29, 1.82) is 0 Å². The van der Waals surface area contributed by atoms with Gasteiger partial charge in [0.1, 0.15) is 0 Å². The second-order valence-corrected chi connectivity index (χ2v) is 4.07. The third-order valence-corrected chi connectivity index (χ3v) is 2.77. The van der Waals surface area contributed by atoms with Crippen LogP contribution < -0.4 is 0 Å². The smallest absolute Gasteiger partial charge is 0.338 e. The first-order valence-corrected chi connectivity index (χ1v) is 5.69. The zero-order valence-electron chi connectivity index (χ0n) is 9.58. The molecule has 18 heavy (non-hydrogen) atoms. The standard InChI is InChI=1S/C14H11NO3/c16-14-12(8-10-6-7-17-9-10)15-13(18-14)11-4-2-1-3-5-11/h1-7,9,12H,8H2/t12-/m1/s1. The van der Waals surface area contributed by atoms with Crippen LogP contribution in [0.25, 0.3) is 0 Å². The van der Waals surface area contributed by atoms with Crippen LogP contribution in [-0.4, -0.2) is 17.9 Å². The van der Waals surface area contributed by atoms with Crippen LogP contribution in [0.3, 0.4) is 0 Å². The number of carbonyl (C=O) groups is 1. The highest BCUT2D eigenvalue weighted by Gasteiger charge is 2.29. The molecule has 3 rings (SSSR count). The van der Waals surface area contributed by atoms with Gasteiger partial charge in [-0.25, -0.2) is 9.79 Å². The van der Waals surface area contributed by atoms with Crippen LogP contribution in [0.15, 0.2) is 58.3 Å². The molecule has 2 aromatic rings. The summed E-state index contributed by atoms with van der Waals surface area (Å²) in [6.07, 6.45) is 3.70. The SMILES string of the molecule is O=C1OC(c2ccccc2)=N[C@@H]1Cc1ccoc1. The molecule has 0 bridgehead atoms. The van der Waals surface area contributed by atoms with Gasteiger partial charge in [0.25, 0.3) is 0 Å². The number of furan rings is 1. The van der Waals surface area contributed by atoms with Crippen molar-refractivity contribution in [3.05, 3.63) is 60.1 Å². The largest absolute Gasteiger partial charge is 0.472 e. The van der Waals surface area contributed by atoms with Crippen molar-refractivity contribution < 1.29 is 13.9 Å². The third kappa shape index (κ3) is 2.05. The molecule has 4 heteroatoms. The minimum Gasteiger partial charge on any atom is -0.472 e. The molecule has 0 spiro atoms. The fourth-order valence-corrected chi connectivity index (χ4v) is 1.86. The maximum atomic E-state index is 11.7. The molecule has 0 amide bonds. The van der Waals surface area contributed by atoms with E-state index in [0.717, 1.165) is 11.1 Å². The van der Waals surface area contributed by atoms with Crippen molar-refractivity contribution in [2.45, 2.75) is 12.5 Å². The maximum Gasteiger partial charge on any atom is 0.338 e. The molecule has 4 nitrogen and oxygen atoms in total. The highest BCUT2D eigenvalue weighted by atomic mass is 16.6. The first kappa shape index (κ1) is 10.8. The number of hydrogen-bond acceptors (Lipinski definition) is 4. The van der Waals surface area contributed by atoms with Gasteiger partial charge in [0, 0.05) is 12.0 Å². The van der Waals surface area contributed by atoms with Gasteiger partial charge in [-0.15, -0.1) is 0 Å². The van der Waals surface area contributed by atoms with E-state index < -0.39 is 6.04 Å². The Morgan fingerprint density at radius 2 is 2.00 bits per heavy atom. The number of cyclic esters (lactones) is 1. The number of hydrogen-bond donors (Lipinski definition) is 0. The molecule has 1 aliphatic heterocycles. The van der Waals surface area contributed by atoms with Gasteiger partial charge in [-0.3, -0.25) is 0 Å². The predicted molar refractivity (Wildman–Crippen MR) is 65.3 cm³/mol. The summed E-state index contributed by atoms with van der Waals surface area (Å²) < 4.78 is 10.2. The van der Waals surface area contributed by atoms with Crippen LogP contribution in [-0.2, 0) is 16.0 Å². The summed E-state index contributed by atoms with van der Waals surface area (Å²) in [5, 5.41) is 0. The number of benzene rings is 1. The molecule has 2 heterocycles. The Morgan fingerprint density at radius 3 is 2.72 bits per heavy atom. The molecule has 0 radical (unpaired) electrons. The molecular formula is C14H11NO3. The highest BCUT2D eigenvalue weighted by molar-refractivity contribution is 6.06. The van der Waals surface area contributed by atoms with Gasteiger partial charge in [0.2, 0.25) is 5.90 Å². The molecule has 0 fully saturated rings. The van der Waals surface area contributed by atoms with Crippen LogP contribution >= 0.6 is 0 Å². The summed E-state index contributed by atoms with van der Waals surface area (Å²) in [6.45, 7) is 0. The summed E-state index contributed by atoms with van der Waals surface area (Å²) >= 11 is 0. The molecule has 0 saturated heterocycles. The quantitative estimate of drug-likeness (QED) is 0.774. The fraction of sp³-hybridized carbons (Fsp3) is 0.143. The number of nitrogens with zero attached hydrogens (tertiary/aromatic N) is 1. The Morgan fingerprint density at radius 1 is 1.17 bits per heavy atom. The van der Waals surface area contributed by atoms with E-state index in [0.29, 0.717) is 12.3 Å². The third-order valence-electron chi connectivity index (χ3n) is 2.77. The highest BCUT2D eigenvalue weighted by Crippen LogP contribution is 2.17. The monoisotopic (exact) mass is 241 g/mol. The van der Waals surface area contributed by atoms with Gasteiger partial charge in [0.05, 0.1) is 12.5 Å². The normalized spacial score (nSPS) is 18.6. The Bertz CT molecular complexity index is 572. The van der Waals surface area contributed by atoms with Crippen LogP contribution in [0.4, 0.5) is 0 Å². The van der Waals surface area contributed by atoms with Crippen molar-refractivity contribution in [3.63, 3.8) is 0 Å². The van der Waals surface area contributed by atoms with Crippen molar-refractivity contribution in [2.24, 2.45) is 4.99 Å². The van der Waals surface area contributed by atoms with Crippen molar-refractivity contribution >= 4 is 11.9 Å². The Kier molecular flexibility index (Phi) is 2.68. The number of rotatable bonds is 3. The molecular weight excluding hydrogens is 230 g/mol. The molecule has 0 saturated carbocycles. The number of esters is 1. The molecule has 90 valence electrons. The van der Waals surface area contributed by atoms with Crippen molar-refractivity contribution in [1.82, 2.24) is 0 Å². The van der Waals surface area contributed by atoms with E-state index in [1.165, 1.54) is 0 Å². The molecule has 1 aromatic carbocycles. The van der Waals surface area contributed by atoms with E-state index in [9.17, 15) is 4.79 Å². The minimum absolute atomic E-state index is 0.310. The van der Waals surface area contributed by atoms with E-state index in [2.05, 4.69) is 4.99 Å². The van der Waals surface area contributed by atoms with Gasteiger partial charge in [-0.2, -0.15) is 0 Å². The van der Waals surface area contributed by atoms with Crippen molar-refractivity contribution in [3.8, 4) is 0 Å². The molecule has 1 aromatic heterocycles. The maximum absolute atomic E-state index is 11.7. The number of ether oxygens (including phenoxy) is 1. The van der Waals surface area contributed by atoms with Gasteiger partial charge in [-0.1, -0.05) is 18.2 Å². The van der Waals surface area contributed by atoms with Crippen LogP contribution in [0.1, 0.15) is 11.1 Å². The Labute approximate surface area is 104 Å². The van der Waals surface area contributed by atoms with E-state index in [-0.39, 0.29) is 5.97 Å². The second-order valence-electron chi connectivity index (χ2n) is 4.07.